The lowest BCUT2D eigenvalue weighted by molar-refractivity contribution is 0.00941. The molecule has 0 atom stereocenters. The monoisotopic (exact) mass is 234 g/mol. The summed E-state index contributed by atoms with van der Waals surface area (Å²) in [4.78, 5) is 4.08. The molecule has 0 saturated heterocycles. The fourth-order valence-electron chi connectivity index (χ4n) is 4.78. The topological polar surface area (TPSA) is 77.0 Å². The summed E-state index contributed by atoms with van der Waals surface area (Å²) >= 11 is 0. The summed E-state index contributed by atoms with van der Waals surface area (Å²) in [6.07, 6.45) is 8.11. The molecule has 4 fully saturated rings. The maximum atomic E-state index is 5.49. The van der Waals surface area contributed by atoms with Crippen LogP contribution < -0.4 is 11.1 Å². The summed E-state index contributed by atoms with van der Waals surface area (Å²) in [6.45, 7) is 0. The van der Waals surface area contributed by atoms with E-state index in [1.807, 2.05) is 0 Å². The Morgan fingerprint density at radius 3 is 2.18 bits per heavy atom. The number of nitrogen functional groups attached to an aromatic ring is 1. The van der Waals surface area contributed by atoms with Gasteiger partial charge < -0.3 is 15.6 Å². The van der Waals surface area contributed by atoms with Crippen LogP contribution in [0.4, 0.5) is 12.0 Å². The standard InChI is InChI=1S/C12H18N4O/c13-10-14-11(17-16-10)15-12-4-7-1-8(5-12)3-9(2-7)6-12/h7-9H,1-6H2,(H3,13,14,15,16). The Hall–Kier alpha value is -1.26. The molecule has 4 aliphatic carbocycles. The van der Waals surface area contributed by atoms with E-state index in [9.17, 15) is 0 Å². The molecule has 17 heavy (non-hydrogen) atoms. The van der Waals surface area contributed by atoms with Gasteiger partial charge >= 0.3 is 6.01 Å². The molecule has 0 radical (unpaired) electrons. The van der Waals surface area contributed by atoms with Gasteiger partial charge in [0.25, 0.3) is 5.95 Å². The molecule has 5 rings (SSSR count). The first-order valence-electron chi connectivity index (χ1n) is 6.58. The van der Waals surface area contributed by atoms with Gasteiger partial charge in [-0.3, -0.25) is 0 Å². The van der Waals surface area contributed by atoms with Gasteiger partial charge in [0.1, 0.15) is 0 Å². The maximum Gasteiger partial charge on any atom is 0.323 e. The summed E-state index contributed by atoms with van der Waals surface area (Å²) in [7, 11) is 0. The van der Waals surface area contributed by atoms with Crippen LogP contribution in [0.1, 0.15) is 38.5 Å². The lowest BCUT2D eigenvalue weighted by Gasteiger charge is -2.56. The molecule has 1 aromatic heterocycles. The van der Waals surface area contributed by atoms with Gasteiger partial charge in [0.15, 0.2) is 0 Å². The van der Waals surface area contributed by atoms with Crippen molar-refractivity contribution in [2.75, 3.05) is 11.1 Å². The second-order valence-corrected chi connectivity index (χ2v) is 6.28. The third kappa shape index (κ3) is 1.51. The minimum atomic E-state index is 0.216. The first-order valence-corrected chi connectivity index (χ1v) is 6.58. The number of nitrogens with one attached hydrogen (secondary N) is 1. The third-order valence-electron chi connectivity index (χ3n) is 4.85. The van der Waals surface area contributed by atoms with E-state index in [2.05, 4.69) is 15.5 Å². The number of hydrogen-bond donors (Lipinski definition) is 2. The highest BCUT2D eigenvalue weighted by atomic mass is 16.5. The zero-order valence-corrected chi connectivity index (χ0v) is 9.85. The minimum absolute atomic E-state index is 0.216. The molecule has 1 aromatic rings. The Bertz CT molecular complexity index is 406. The van der Waals surface area contributed by atoms with Crippen LogP contribution in [0.25, 0.3) is 0 Å². The van der Waals surface area contributed by atoms with Crippen LogP contribution in [0.15, 0.2) is 4.52 Å². The number of aromatic nitrogens is 2. The average molecular weight is 234 g/mol. The summed E-state index contributed by atoms with van der Waals surface area (Å²) in [5, 5.41) is 7.13. The second kappa shape index (κ2) is 3.15. The summed E-state index contributed by atoms with van der Waals surface area (Å²) in [5.74, 6) is 2.95. The van der Waals surface area contributed by atoms with E-state index in [0.717, 1.165) is 17.8 Å². The molecule has 1 heterocycles. The van der Waals surface area contributed by atoms with Crippen LogP contribution in [0.5, 0.6) is 0 Å². The molecule has 4 aliphatic rings. The molecular weight excluding hydrogens is 216 g/mol. The van der Waals surface area contributed by atoms with E-state index in [1.54, 1.807) is 0 Å². The Labute approximate surface area is 100 Å². The predicted molar refractivity (Wildman–Crippen MR) is 63.2 cm³/mol. The number of anilines is 2. The molecule has 4 saturated carbocycles. The smallest absolute Gasteiger partial charge is 0.323 e. The first-order chi connectivity index (χ1) is 8.21. The quantitative estimate of drug-likeness (QED) is 0.818. The van der Waals surface area contributed by atoms with Crippen molar-refractivity contribution in [1.29, 1.82) is 0 Å². The molecule has 3 N–H and O–H groups in total. The van der Waals surface area contributed by atoms with Crippen LogP contribution in [0.3, 0.4) is 0 Å². The van der Waals surface area contributed by atoms with Crippen LogP contribution in [0, 0.1) is 17.8 Å². The van der Waals surface area contributed by atoms with Gasteiger partial charge in [-0.15, -0.1) is 0 Å². The molecule has 0 aliphatic heterocycles. The van der Waals surface area contributed by atoms with E-state index in [1.165, 1.54) is 38.5 Å². The Balaban J connectivity index is 1.60. The SMILES string of the molecule is Nc1noc(NC23CC4CC(CC(C4)C2)C3)n1. The zero-order chi connectivity index (χ0) is 11.5. The Morgan fingerprint density at radius 2 is 1.71 bits per heavy atom. The van der Waals surface area contributed by atoms with Crippen molar-refractivity contribution in [3.05, 3.63) is 0 Å². The van der Waals surface area contributed by atoms with Crippen molar-refractivity contribution < 1.29 is 4.52 Å². The number of hydrogen-bond acceptors (Lipinski definition) is 5. The summed E-state index contributed by atoms with van der Waals surface area (Å²) in [5.41, 5.74) is 5.71. The van der Waals surface area contributed by atoms with Crippen molar-refractivity contribution in [2.45, 2.75) is 44.1 Å². The highest BCUT2D eigenvalue weighted by Crippen LogP contribution is 2.56. The van der Waals surface area contributed by atoms with E-state index >= 15 is 0 Å². The molecule has 5 nitrogen and oxygen atoms in total. The maximum absolute atomic E-state index is 5.49. The van der Waals surface area contributed by atoms with Gasteiger partial charge in [-0.05, 0) is 61.4 Å². The Kier molecular flexibility index (Phi) is 1.80. The van der Waals surface area contributed by atoms with Crippen molar-refractivity contribution in [2.24, 2.45) is 17.8 Å². The molecule has 0 unspecified atom stereocenters. The lowest BCUT2D eigenvalue weighted by Crippen LogP contribution is -2.54. The average Bonchev–Trinajstić information content (AvgIpc) is 2.60. The highest BCUT2D eigenvalue weighted by molar-refractivity contribution is 5.32. The van der Waals surface area contributed by atoms with Gasteiger partial charge in [0.2, 0.25) is 0 Å². The summed E-state index contributed by atoms with van der Waals surface area (Å²) < 4.78 is 5.11. The fourth-order valence-corrected chi connectivity index (χ4v) is 4.78. The largest absolute Gasteiger partial charge is 0.365 e. The van der Waals surface area contributed by atoms with Gasteiger partial charge in [-0.25, -0.2) is 0 Å². The van der Waals surface area contributed by atoms with Crippen LogP contribution in [-0.4, -0.2) is 15.7 Å². The van der Waals surface area contributed by atoms with Crippen molar-refractivity contribution in [1.82, 2.24) is 10.1 Å². The first kappa shape index (κ1) is 9.74. The van der Waals surface area contributed by atoms with E-state index in [-0.39, 0.29) is 11.5 Å². The number of nitrogens with zero attached hydrogens (tertiary/aromatic N) is 2. The van der Waals surface area contributed by atoms with E-state index < -0.39 is 0 Å². The second-order valence-electron chi connectivity index (χ2n) is 6.28. The predicted octanol–water partition coefficient (Wildman–Crippen LogP) is 2.03. The fraction of sp³-hybridized carbons (Fsp3) is 0.833. The van der Waals surface area contributed by atoms with Crippen LogP contribution in [-0.2, 0) is 0 Å². The van der Waals surface area contributed by atoms with E-state index in [0.29, 0.717) is 6.01 Å². The highest BCUT2D eigenvalue weighted by Gasteiger charge is 2.51. The van der Waals surface area contributed by atoms with Gasteiger partial charge in [-0.2, -0.15) is 4.98 Å². The van der Waals surface area contributed by atoms with Crippen molar-refractivity contribution >= 4 is 12.0 Å². The van der Waals surface area contributed by atoms with Gasteiger partial charge in [-0.1, -0.05) is 0 Å². The lowest BCUT2D eigenvalue weighted by atomic mass is 9.53. The minimum Gasteiger partial charge on any atom is -0.365 e. The van der Waals surface area contributed by atoms with E-state index in [4.69, 9.17) is 10.3 Å². The molecule has 0 spiro atoms. The number of rotatable bonds is 2. The van der Waals surface area contributed by atoms with Crippen LogP contribution in [0.2, 0.25) is 0 Å². The molecule has 92 valence electrons. The molecule has 4 bridgehead atoms. The zero-order valence-electron chi connectivity index (χ0n) is 9.85. The molecule has 0 amide bonds. The number of nitrogens with two attached hydrogens (primary N) is 1. The normalized spacial score (nSPS) is 42.9. The van der Waals surface area contributed by atoms with Crippen molar-refractivity contribution in [3.8, 4) is 0 Å². The summed E-state index contributed by atoms with van der Waals surface area (Å²) in [6, 6.07) is 0.504. The Morgan fingerprint density at radius 1 is 1.12 bits per heavy atom. The van der Waals surface area contributed by atoms with Gasteiger partial charge in [0.05, 0.1) is 0 Å². The molecule has 5 heteroatoms. The third-order valence-corrected chi connectivity index (χ3v) is 4.85. The van der Waals surface area contributed by atoms with Gasteiger partial charge in [0, 0.05) is 5.54 Å². The van der Waals surface area contributed by atoms with Crippen LogP contribution >= 0.6 is 0 Å². The molecular formula is C12H18N4O. The van der Waals surface area contributed by atoms with Crippen molar-refractivity contribution in [3.63, 3.8) is 0 Å². The molecule has 0 aromatic carbocycles.